The maximum absolute atomic E-state index is 10.7. The van der Waals surface area contributed by atoms with Crippen molar-refractivity contribution in [3.8, 4) is 0 Å². The smallest absolute Gasteiger partial charge is 0.355 e. The molecule has 3 N–H and O–H groups in total. The van der Waals surface area contributed by atoms with Gasteiger partial charge in [-0.25, -0.2) is 0 Å². The van der Waals surface area contributed by atoms with Gasteiger partial charge in [0, 0.05) is 12.6 Å². The van der Waals surface area contributed by atoms with E-state index in [4.69, 9.17) is 9.79 Å². The van der Waals surface area contributed by atoms with Crippen LogP contribution in [0.1, 0.15) is 20.3 Å². The van der Waals surface area contributed by atoms with Crippen molar-refractivity contribution in [2.75, 3.05) is 13.1 Å². The lowest BCUT2D eigenvalue weighted by molar-refractivity contribution is 0.123. The number of hydrogen-bond donors (Lipinski definition) is 3. The van der Waals surface area contributed by atoms with Crippen LogP contribution in [-0.4, -0.2) is 44.8 Å². The van der Waals surface area contributed by atoms with E-state index in [1.54, 1.807) is 4.90 Å². The zero-order valence-corrected chi connectivity index (χ0v) is 9.52. The number of aliphatic hydroxyl groups excluding tert-OH is 1. The van der Waals surface area contributed by atoms with Crippen molar-refractivity contribution in [1.29, 1.82) is 0 Å². The summed E-state index contributed by atoms with van der Waals surface area (Å²) in [5.41, 5.74) is 0. The van der Waals surface area contributed by atoms with Crippen molar-refractivity contribution >= 4 is 7.60 Å². The van der Waals surface area contributed by atoms with E-state index in [0.717, 1.165) is 0 Å². The molecule has 0 saturated carbocycles. The van der Waals surface area contributed by atoms with Crippen molar-refractivity contribution in [3.63, 3.8) is 0 Å². The number of aliphatic hydroxyl groups is 1. The van der Waals surface area contributed by atoms with E-state index < -0.39 is 13.4 Å². The topological polar surface area (TPSA) is 81.0 Å². The molecule has 0 amide bonds. The monoisotopic (exact) mass is 224 g/mol. The summed E-state index contributed by atoms with van der Waals surface area (Å²) in [6.45, 7) is 8.07. The molecule has 1 radical (unpaired) electrons. The first-order chi connectivity index (χ1) is 6.29. The Morgan fingerprint density at radius 1 is 1.43 bits per heavy atom. The predicted molar refractivity (Wildman–Crippen MR) is 54.7 cm³/mol. The molecule has 0 saturated heterocycles. The fourth-order valence-corrected chi connectivity index (χ4v) is 1.50. The van der Waals surface area contributed by atoms with Crippen molar-refractivity contribution in [3.05, 3.63) is 6.92 Å². The van der Waals surface area contributed by atoms with Gasteiger partial charge in [0.1, 0.15) is 0 Å². The molecule has 0 heterocycles. The molecule has 14 heavy (non-hydrogen) atoms. The predicted octanol–water partition coefficient (Wildman–Crippen LogP) is 0.417. The van der Waals surface area contributed by atoms with Crippen molar-refractivity contribution < 1.29 is 19.5 Å². The zero-order chi connectivity index (χ0) is 11.4. The molecular formula is C8H19NO4P. The van der Waals surface area contributed by atoms with Gasteiger partial charge in [-0.15, -0.1) is 0 Å². The van der Waals surface area contributed by atoms with E-state index in [-0.39, 0.29) is 12.6 Å². The lowest BCUT2D eigenvalue weighted by Crippen LogP contribution is -2.38. The largest absolute Gasteiger partial charge is 0.379 e. The van der Waals surface area contributed by atoms with E-state index in [0.29, 0.717) is 13.0 Å². The van der Waals surface area contributed by atoms with Gasteiger partial charge in [-0.3, -0.25) is 9.46 Å². The van der Waals surface area contributed by atoms with Crippen LogP contribution >= 0.6 is 7.60 Å². The molecule has 0 aliphatic carbocycles. The van der Waals surface area contributed by atoms with Gasteiger partial charge in [0.25, 0.3) is 0 Å². The minimum absolute atomic E-state index is 0.0164. The van der Waals surface area contributed by atoms with Gasteiger partial charge in [-0.1, -0.05) is 6.92 Å². The van der Waals surface area contributed by atoms with Crippen molar-refractivity contribution in [2.45, 2.75) is 32.2 Å². The SMILES string of the molecule is [CH2]CCN(CC(O)P(=O)(O)O)C(C)C. The third-order valence-electron chi connectivity index (χ3n) is 1.96. The van der Waals surface area contributed by atoms with Gasteiger partial charge in [0.15, 0.2) is 5.85 Å². The summed E-state index contributed by atoms with van der Waals surface area (Å²) in [5, 5.41) is 9.21. The molecule has 0 bridgehead atoms. The molecule has 0 aromatic rings. The highest BCUT2D eigenvalue weighted by Crippen LogP contribution is 2.39. The molecule has 0 spiro atoms. The van der Waals surface area contributed by atoms with Crippen LogP contribution in [0.2, 0.25) is 0 Å². The second kappa shape index (κ2) is 5.83. The minimum Gasteiger partial charge on any atom is -0.379 e. The Labute approximate surface area is 84.9 Å². The van der Waals surface area contributed by atoms with Gasteiger partial charge in [0.05, 0.1) is 0 Å². The van der Waals surface area contributed by atoms with Crippen LogP contribution < -0.4 is 0 Å². The molecule has 85 valence electrons. The van der Waals surface area contributed by atoms with Crippen LogP contribution in [0.5, 0.6) is 0 Å². The van der Waals surface area contributed by atoms with E-state index in [1.807, 2.05) is 13.8 Å². The molecule has 0 aromatic carbocycles. The van der Waals surface area contributed by atoms with E-state index in [2.05, 4.69) is 6.92 Å². The maximum Gasteiger partial charge on any atom is 0.355 e. The van der Waals surface area contributed by atoms with Gasteiger partial charge in [0.2, 0.25) is 0 Å². The Balaban J connectivity index is 4.23. The number of hydrogen-bond acceptors (Lipinski definition) is 3. The van der Waals surface area contributed by atoms with E-state index in [1.165, 1.54) is 0 Å². The number of rotatable bonds is 6. The summed E-state index contributed by atoms with van der Waals surface area (Å²) in [5.74, 6) is -1.60. The number of nitrogens with zero attached hydrogens (tertiary/aromatic N) is 1. The molecule has 5 nitrogen and oxygen atoms in total. The fraction of sp³-hybridized carbons (Fsp3) is 0.875. The Bertz CT molecular complexity index is 204. The summed E-state index contributed by atoms with van der Waals surface area (Å²) in [6, 6.07) is 0.137. The van der Waals surface area contributed by atoms with Crippen molar-refractivity contribution in [2.24, 2.45) is 0 Å². The first-order valence-corrected chi connectivity index (χ1v) is 6.23. The van der Waals surface area contributed by atoms with Crippen LogP contribution in [0.3, 0.4) is 0 Å². The lowest BCUT2D eigenvalue weighted by Gasteiger charge is -2.28. The third kappa shape index (κ3) is 5.08. The summed E-state index contributed by atoms with van der Waals surface area (Å²) in [4.78, 5) is 19.2. The van der Waals surface area contributed by atoms with E-state index in [9.17, 15) is 9.67 Å². The lowest BCUT2D eigenvalue weighted by atomic mass is 10.3. The summed E-state index contributed by atoms with van der Waals surface area (Å²) in [7, 11) is -4.38. The average molecular weight is 224 g/mol. The molecule has 0 aromatic heterocycles. The van der Waals surface area contributed by atoms with Crippen LogP contribution in [0.25, 0.3) is 0 Å². The molecule has 0 rings (SSSR count). The quantitative estimate of drug-likeness (QED) is 0.569. The second-order valence-electron chi connectivity index (χ2n) is 3.51. The molecule has 1 atom stereocenters. The van der Waals surface area contributed by atoms with Crippen LogP contribution in [0.4, 0.5) is 0 Å². The Kier molecular flexibility index (Phi) is 5.86. The molecule has 0 fully saturated rings. The molecule has 0 aliphatic rings. The third-order valence-corrected chi connectivity index (χ3v) is 2.90. The van der Waals surface area contributed by atoms with Gasteiger partial charge in [-0.2, -0.15) is 0 Å². The Hall–Kier alpha value is 0.0700. The average Bonchev–Trinajstić information content (AvgIpc) is 2.01. The Morgan fingerprint density at radius 2 is 1.93 bits per heavy atom. The molecular weight excluding hydrogens is 205 g/mol. The van der Waals surface area contributed by atoms with Crippen molar-refractivity contribution in [1.82, 2.24) is 4.90 Å². The second-order valence-corrected chi connectivity index (χ2v) is 5.29. The first kappa shape index (κ1) is 14.1. The normalized spacial score (nSPS) is 15.1. The minimum atomic E-state index is -4.38. The van der Waals surface area contributed by atoms with Crippen LogP contribution in [-0.2, 0) is 4.57 Å². The molecule has 6 heteroatoms. The molecule has 0 aliphatic heterocycles. The standard InChI is InChI=1S/C8H19NO4P/c1-4-5-9(7(2)3)6-8(10)14(11,12)13/h7-8,10H,1,4-6H2,2-3H3,(H2,11,12,13). The molecule has 1 unspecified atom stereocenters. The highest BCUT2D eigenvalue weighted by molar-refractivity contribution is 7.52. The fourth-order valence-electron chi connectivity index (χ4n) is 1.08. The highest BCUT2D eigenvalue weighted by atomic mass is 31.2. The zero-order valence-electron chi connectivity index (χ0n) is 8.63. The summed E-state index contributed by atoms with van der Waals surface area (Å²) < 4.78 is 10.7. The Morgan fingerprint density at radius 3 is 2.21 bits per heavy atom. The maximum atomic E-state index is 10.7. The van der Waals surface area contributed by atoms with Gasteiger partial charge >= 0.3 is 7.60 Å². The summed E-state index contributed by atoms with van der Waals surface area (Å²) >= 11 is 0. The first-order valence-electron chi connectivity index (χ1n) is 4.55. The van der Waals surface area contributed by atoms with E-state index >= 15 is 0 Å². The van der Waals surface area contributed by atoms with Crippen LogP contribution in [0, 0.1) is 6.92 Å². The van der Waals surface area contributed by atoms with Gasteiger partial charge in [-0.05, 0) is 26.8 Å². The highest BCUT2D eigenvalue weighted by Gasteiger charge is 2.28. The van der Waals surface area contributed by atoms with Crippen LogP contribution in [0.15, 0.2) is 0 Å². The van der Waals surface area contributed by atoms with Gasteiger partial charge < -0.3 is 14.9 Å². The summed E-state index contributed by atoms with van der Waals surface area (Å²) in [6.07, 6.45) is 0.645.